The van der Waals surface area contributed by atoms with Gasteiger partial charge in [0.1, 0.15) is 5.75 Å². The fourth-order valence-corrected chi connectivity index (χ4v) is 1.75. The van der Waals surface area contributed by atoms with Crippen molar-refractivity contribution in [3.8, 4) is 5.75 Å². The third-order valence-corrected chi connectivity index (χ3v) is 2.62. The SMILES string of the molecule is Cc1ccc(Br)c([C@H](N)CO)c1O. The predicted molar refractivity (Wildman–Crippen MR) is 54.6 cm³/mol. The predicted octanol–water partition coefficient (Wildman–Crippen LogP) is 1.46. The van der Waals surface area contributed by atoms with E-state index < -0.39 is 6.04 Å². The summed E-state index contributed by atoms with van der Waals surface area (Å²) in [5, 5.41) is 18.5. The highest BCUT2D eigenvalue weighted by Gasteiger charge is 2.15. The summed E-state index contributed by atoms with van der Waals surface area (Å²) < 4.78 is 0.720. The van der Waals surface area contributed by atoms with Gasteiger partial charge >= 0.3 is 0 Å². The van der Waals surface area contributed by atoms with Crippen molar-refractivity contribution in [1.29, 1.82) is 0 Å². The van der Waals surface area contributed by atoms with Crippen LogP contribution in [0.15, 0.2) is 16.6 Å². The zero-order chi connectivity index (χ0) is 10.0. The second kappa shape index (κ2) is 4.09. The molecule has 0 unspecified atom stereocenters. The Hall–Kier alpha value is -0.580. The lowest BCUT2D eigenvalue weighted by Crippen LogP contribution is -2.15. The summed E-state index contributed by atoms with van der Waals surface area (Å²) >= 11 is 3.27. The van der Waals surface area contributed by atoms with Crippen LogP contribution >= 0.6 is 15.9 Å². The number of aromatic hydroxyl groups is 1. The summed E-state index contributed by atoms with van der Waals surface area (Å²) in [4.78, 5) is 0. The number of halogens is 1. The van der Waals surface area contributed by atoms with Gasteiger partial charge in [0.05, 0.1) is 12.6 Å². The van der Waals surface area contributed by atoms with Gasteiger partial charge in [0.25, 0.3) is 0 Å². The molecule has 0 aliphatic rings. The third kappa shape index (κ3) is 2.02. The number of hydrogen-bond acceptors (Lipinski definition) is 3. The molecule has 0 saturated heterocycles. The number of phenolic OH excluding ortho intramolecular Hbond substituents is 1. The Kier molecular flexibility index (Phi) is 3.30. The first-order valence-corrected chi connectivity index (χ1v) is 4.71. The maximum absolute atomic E-state index is 9.66. The second-order valence-electron chi connectivity index (χ2n) is 2.92. The minimum Gasteiger partial charge on any atom is -0.507 e. The van der Waals surface area contributed by atoms with Crippen LogP contribution < -0.4 is 5.73 Å². The summed E-state index contributed by atoms with van der Waals surface area (Å²) in [6.07, 6.45) is 0. The van der Waals surface area contributed by atoms with Crippen molar-refractivity contribution in [3.05, 3.63) is 27.7 Å². The number of nitrogens with two attached hydrogens (primary N) is 1. The fraction of sp³-hybridized carbons (Fsp3) is 0.333. The van der Waals surface area contributed by atoms with E-state index in [1.54, 1.807) is 19.1 Å². The number of hydrogen-bond donors (Lipinski definition) is 3. The number of aliphatic hydroxyl groups is 1. The molecule has 4 heteroatoms. The van der Waals surface area contributed by atoms with E-state index in [4.69, 9.17) is 10.8 Å². The molecule has 0 radical (unpaired) electrons. The largest absolute Gasteiger partial charge is 0.507 e. The number of rotatable bonds is 2. The Bertz CT molecular complexity index is 315. The first-order chi connectivity index (χ1) is 6.07. The molecule has 0 aliphatic heterocycles. The Morgan fingerprint density at radius 3 is 2.69 bits per heavy atom. The van der Waals surface area contributed by atoms with Crippen molar-refractivity contribution in [2.24, 2.45) is 5.73 Å². The fourth-order valence-electron chi connectivity index (χ4n) is 1.14. The van der Waals surface area contributed by atoms with E-state index in [9.17, 15) is 5.11 Å². The number of benzene rings is 1. The Morgan fingerprint density at radius 2 is 2.15 bits per heavy atom. The van der Waals surface area contributed by atoms with E-state index in [2.05, 4.69) is 15.9 Å². The number of phenols is 1. The van der Waals surface area contributed by atoms with Gasteiger partial charge in [-0.2, -0.15) is 0 Å². The zero-order valence-electron chi connectivity index (χ0n) is 7.29. The third-order valence-electron chi connectivity index (χ3n) is 1.93. The van der Waals surface area contributed by atoms with Gasteiger partial charge in [-0.25, -0.2) is 0 Å². The van der Waals surface area contributed by atoms with Gasteiger partial charge in [-0.3, -0.25) is 0 Å². The van der Waals surface area contributed by atoms with Gasteiger partial charge in [-0.1, -0.05) is 22.0 Å². The topological polar surface area (TPSA) is 66.5 Å². The van der Waals surface area contributed by atoms with Gasteiger partial charge < -0.3 is 15.9 Å². The summed E-state index contributed by atoms with van der Waals surface area (Å²) in [5.41, 5.74) is 6.93. The van der Waals surface area contributed by atoms with Gasteiger partial charge in [-0.05, 0) is 18.6 Å². The van der Waals surface area contributed by atoms with Crippen LogP contribution in [0.25, 0.3) is 0 Å². The maximum Gasteiger partial charge on any atom is 0.124 e. The average molecular weight is 246 g/mol. The van der Waals surface area contributed by atoms with Crippen LogP contribution in [-0.4, -0.2) is 16.8 Å². The smallest absolute Gasteiger partial charge is 0.124 e. The summed E-state index contributed by atoms with van der Waals surface area (Å²) in [6, 6.07) is 3.04. The second-order valence-corrected chi connectivity index (χ2v) is 3.77. The van der Waals surface area contributed by atoms with Crippen molar-refractivity contribution in [2.45, 2.75) is 13.0 Å². The lowest BCUT2D eigenvalue weighted by atomic mass is 10.0. The van der Waals surface area contributed by atoms with Crippen molar-refractivity contribution >= 4 is 15.9 Å². The molecular formula is C9H12BrNO2. The van der Waals surface area contributed by atoms with Gasteiger partial charge in [0.15, 0.2) is 0 Å². The van der Waals surface area contributed by atoms with Crippen molar-refractivity contribution in [2.75, 3.05) is 6.61 Å². The Balaban J connectivity index is 3.25. The van der Waals surface area contributed by atoms with Gasteiger partial charge in [-0.15, -0.1) is 0 Å². The van der Waals surface area contributed by atoms with Crippen LogP contribution in [0.5, 0.6) is 5.75 Å². The first kappa shape index (κ1) is 10.5. The van der Waals surface area contributed by atoms with Crippen LogP contribution in [0.3, 0.4) is 0 Å². The summed E-state index contributed by atoms with van der Waals surface area (Å²) in [5.74, 6) is 0.149. The van der Waals surface area contributed by atoms with E-state index in [1.165, 1.54) is 0 Å². The molecule has 0 bridgehead atoms. The standard InChI is InChI=1S/C9H12BrNO2/c1-5-2-3-6(10)8(9(5)13)7(11)4-12/h2-3,7,12-13H,4,11H2,1H3/t7-/m1/s1. The molecular weight excluding hydrogens is 234 g/mol. The maximum atomic E-state index is 9.66. The van der Waals surface area contributed by atoms with Crippen molar-refractivity contribution in [3.63, 3.8) is 0 Å². The molecule has 0 aliphatic carbocycles. The average Bonchev–Trinajstić information content (AvgIpc) is 2.12. The molecule has 1 aromatic carbocycles. The molecule has 72 valence electrons. The molecule has 1 rings (SSSR count). The minimum absolute atomic E-state index is 0.149. The van der Waals surface area contributed by atoms with Crippen molar-refractivity contribution in [1.82, 2.24) is 0 Å². The van der Waals surface area contributed by atoms with Crippen LogP contribution in [0.1, 0.15) is 17.2 Å². The highest BCUT2D eigenvalue weighted by molar-refractivity contribution is 9.10. The molecule has 0 aromatic heterocycles. The quantitative estimate of drug-likeness (QED) is 0.739. The molecule has 0 spiro atoms. The molecule has 3 nitrogen and oxygen atoms in total. The molecule has 0 amide bonds. The molecule has 0 saturated carbocycles. The van der Waals surface area contributed by atoms with E-state index in [0.717, 1.165) is 10.0 Å². The lowest BCUT2D eigenvalue weighted by molar-refractivity contribution is 0.265. The van der Waals surface area contributed by atoms with Crippen LogP contribution in [0.2, 0.25) is 0 Å². The molecule has 0 heterocycles. The summed E-state index contributed by atoms with van der Waals surface area (Å²) in [6.45, 7) is 1.60. The first-order valence-electron chi connectivity index (χ1n) is 3.92. The molecule has 1 atom stereocenters. The van der Waals surface area contributed by atoms with E-state index in [1.807, 2.05) is 0 Å². The van der Waals surface area contributed by atoms with E-state index >= 15 is 0 Å². The zero-order valence-corrected chi connectivity index (χ0v) is 8.87. The Morgan fingerprint density at radius 1 is 1.54 bits per heavy atom. The molecule has 13 heavy (non-hydrogen) atoms. The summed E-state index contributed by atoms with van der Waals surface area (Å²) in [7, 11) is 0. The monoisotopic (exact) mass is 245 g/mol. The highest BCUT2D eigenvalue weighted by atomic mass is 79.9. The normalized spacial score (nSPS) is 12.9. The highest BCUT2D eigenvalue weighted by Crippen LogP contribution is 2.32. The van der Waals surface area contributed by atoms with Crippen LogP contribution in [0.4, 0.5) is 0 Å². The Labute approximate surface area is 85.3 Å². The van der Waals surface area contributed by atoms with E-state index in [-0.39, 0.29) is 12.4 Å². The molecule has 1 aromatic rings. The van der Waals surface area contributed by atoms with E-state index in [0.29, 0.717) is 5.56 Å². The lowest BCUT2D eigenvalue weighted by Gasteiger charge is -2.14. The van der Waals surface area contributed by atoms with Gasteiger partial charge in [0, 0.05) is 10.0 Å². The number of aliphatic hydroxyl groups excluding tert-OH is 1. The van der Waals surface area contributed by atoms with Crippen molar-refractivity contribution < 1.29 is 10.2 Å². The van der Waals surface area contributed by atoms with Crippen LogP contribution in [-0.2, 0) is 0 Å². The van der Waals surface area contributed by atoms with Gasteiger partial charge in [0.2, 0.25) is 0 Å². The van der Waals surface area contributed by atoms with Crippen LogP contribution in [0, 0.1) is 6.92 Å². The molecule has 4 N–H and O–H groups in total. The molecule has 0 fully saturated rings. The number of aryl methyl sites for hydroxylation is 1. The minimum atomic E-state index is -0.547.